The molecule has 2 fully saturated rings. The van der Waals surface area contributed by atoms with Crippen molar-refractivity contribution in [3.63, 3.8) is 0 Å². The summed E-state index contributed by atoms with van der Waals surface area (Å²) >= 11 is 4.42. The number of benzene rings is 1. The zero-order valence-corrected chi connectivity index (χ0v) is 16.1. The molecular weight excluding hydrogens is 424 g/mol. The van der Waals surface area contributed by atoms with E-state index in [0.29, 0.717) is 25.3 Å². The lowest BCUT2D eigenvalue weighted by Gasteiger charge is -2.44. The highest BCUT2D eigenvalue weighted by atomic mass is 32.1. The molecule has 1 aromatic carbocycles. The second kappa shape index (κ2) is 6.77. The monoisotopic (exact) mass is 438 g/mol. The Hall–Kier alpha value is -3.00. The Labute approximate surface area is 173 Å². The molecule has 6 nitrogen and oxygen atoms in total. The van der Waals surface area contributed by atoms with Crippen LogP contribution in [0.25, 0.3) is 0 Å². The number of alkyl halides is 3. The van der Waals surface area contributed by atoms with Gasteiger partial charge in [0, 0.05) is 6.07 Å². The van der Waals surface area contributed by atoms with E-state index >= 15 is 0 Å². The van der Waals surface area contributed by atoms with Crippen LogP contribution in [0, 0.1) is 17.1 Å². The number of thiol groups is 1. The van der Waals surface area contributed by atoms with Crippen molar-refractivity contribution < 1.29 is 27.5 Å². The maximum Gasteiger partial charge on any atom is 0.419 e. The number of rotatable bonds is 2. The minimum absolute atomic E-state index is 0.000925. The van der Waals surface area contributed by atoms with Crippen molar-refractivity contribution in [3.05, 3.63) is 47.5 Å². The highest BCUT2D eigenvalue weighted by molar-refractivity contribution is 7.81. The minimum atomic E-state index is -4.85. The lowest BCUT2D eigenvalue weighted by Crippen LogP contribution is -2.55. The van der Waals surface area contributed by atoms with Crippen molar-refractivity contribution >= 4 is 29.9 Å². The number of nitrogens with zero attached hydrogens (tertiary/aromatic N) is 4. The van der Waals surface area contributed by atoms with Gasteiger partial charge in [-0.3, -0.25) is 9.69 Å². The molecule has 1 aromatic heterocycles. The van der Waals surface area contributed by atoms with Crippen LogP contribution in [-0.4, -0.2) is 27.0 Å². The number of aromatic nitrogens is 1. The number of amides is 1. The topological polar surface area (TPSA) is 80.5 Å². The molecule has 1 saturated heterocycles. The normalized spacial score (nSPS) is 20.4. The first-order valence-electron chi connectivity index (χ1n) is 8.87. The standard InChI is InChI=1S/C19H14F4N4O2S/c20-13-7-11(28)2-3-15(13)27-17(30)26(16(29)18(27)4-1-5-18)10-6-12(19(21,22)23)14(8-24)25-9-10/h2-3,6-7,9,17,28,30H,1,4-5H2. The first kappa shape index (κ1) is 20.3. The van der Waals surface area contributed by atoms with Crippen LogP contribution in [0.3, 0.4) is 0 Å². The molecule has 1 N–H and O–H groups in total. The fourth-order valence-electron chi connectivity index (χ4n) is 3.92. The van der Waals surface area contributed by atoms with Gasteiger partial charge in [-0.1, -0.05) is 0 Å². The number of phenolic OH excluding ortho intramolecular Hbond substituents is 1. The summed E-state index contributed by atoms with van der Waals surface area (Å²) in [6.45, 7) is 0. The molecule has 1 atom stereocenters. The zero-order chi connectivity index (χ0) is 21.8. The molecule has 1 spiro atoms. The summed E-state index contributed by atoms with van der Waals surface area (Å²) in [7, 11) is 0. The minimum Gasteiger partial charge on any atom is -0.508 e. The molecule has 1 aliphatic heterocycles. The SMILES string of the molecule is N#Cc1ncc(N2C(=O)C3(CCC3)N(c3ccc(O)cc3F)C2S)cc1C(F)(F)F. The van der Waals surface area contributed by atoms with Crippen molar-refractivity contribution in [2.45, 2.75) is 36.5 Å². The van der Waals surface area contributed by atoms with Gasteiger partial charge < -0.3 is 10.0 Å². The van der Waals surface area contributed by atoms with E-state index in [4.69, 9.17) is 5.26 Å². The summed E-state index contributed by atoms with van der Waals surface area (Å²) in [5.74, 6) is -1.62. The number of carbonyl (C=O) groups is 1. The van der Waals surface area contributed by atoms with Crippen molar-refractivity contribution in [2.75, 3.05) is 9.80 Å². The average molecular weight is 438 g/mol. The van der Waals surface area contributed by atoms with Crippen molar-refractivity contribution in [1.29, 1.82) is 5.26 Å². The van der Waals surface area contributed by atoms with Crippen LogP contribution >= 0.6 is 12.6 Å². The quantitative estimate of drug-likeness (QED) is 0.551. The molecule has 1 saturated carbocycles. The molecule has 4 rings (SSSR count). The number of hydrogen-bond donors (Lipinski definition) is 2. The van der Waals surface area contributed by atoms with Crippen LogP contribution in [0.5, 0.6) is 5.75 Å². The number of aromatic hydroxyl groups is 1. The van der Waals surface area contributed by atoms with Crippen LogP contribution in [0.4, 0.5) is 28.9 Å². The van der Waals surface area contributed by atoms with Crippen LogP contribution in [0.15, 0.2) is 30.5 Å². The van der Waals surface area contributed by atoms with Crippen LogP contribution in [0.1, 0.15) is 30.5 Å². The summed E-state index contributed by atoms with van der Waals surface area (Å²) < 4.78 is 54.7. The van der Waals surface area contributed by atoms with E-state index in [-0.39, 0.29) is 17.1 Å². The Morgan fingerprint density at radius 2 is 2.00 bits per heavy atom. The predicted molar refractivity (Wildman–Crippen MR) is 101 cm³/mol. The fraction of sp³-hybridized carbons (Fsp3) is 0.316. The average Bonchev–Trinajstić information content (AvgIpc) is 2.87. The Kier molecular flexibility index (Phi) is 4.58. The summed E-state index contributed by atoms with van der Waals surface area (Å²) in [5.41, 5.74) is -4.55. The number of anilines is 2. The summed E-state index contributed by atoms with van der Waals surface area (Å²) in [4.78, 5) is 19.3. The second-order valence-electron chi connectivity index (χ2n) is 7.11. The number of hydrogen-bond acceptors (Lipinski definition) is 6. The highest BCUT2D eigenvalue weighted by Crippen LogP contribution is 2.51. The molecule has 11 heteroatoms. The Balaban J connectivity index is 1.83. The zero-order valence-electron chi connectivity index (χ0n) is 15.2. The number of phenols is 1. The Bertz CT molecular complexity index is 1080. The van der Waals surface area contributed by atoms with E-state index in [2.05, 4.69) is 17.6 Å². The number of pyridine rings is 1. The molecule has 1 aliphatic carbocycles. The van der Waals surface area contributed by atoms with Gasteiger partial charge in [0.15, 0.2) is 11.2 Å². The van der Waals surface area contributed by atoms with Gasteiger partial charge in [0.1, 0.15) is 23.2 Å². The Morgan fingerprint density at radius 1 is 1.30 bits per heavy atom. The third-order valence-electron chi connectivity index (χ3n) is 5.47. The van der Waals surface area contributed by atoms with Crippen LogP contribution in [0.2, 0.25) is 0 Å². The van der Waals surface area contributed by atoms with E-state index in [0.717, 1.165) is 17.2 Å². The van der Waals surface area contributed by atoms with Crippen molar-refractivity contribution in [1.82, 2.24) is 4.98 Å². The lowest BCUT2D eigenvalue weighted by atomic mass is 9.75. The number of carbonyl (C=O) groups excluding carboxylic acids is 1. The third kappa shape index (κ3) is 2.86. The van der Waals surface area contributed by atoms with E-state index in [1.54, 1.807) is 0 Å². The van der Waals surface area contributed by atoms with Gasteiger partial charge in [0.25, 0.3) is 5.91 Å². The summed E-state index contributed by atoms with van der Waals surface area (Å²) in [6.07, 6.45) is -2.43. The van der Waals surface area contributed by atoms with Gasteiger partial charge in [-0.25, -0.2) is 9.37 Å². The molecule has 156 valence electrons. The molecular formula is C19H14F4N4O2S. The van der Waals surface area contributed by atoms with E-state index in [1.807, 2.05) is 0 Å². The molecule has 1 amide bonds. The maximum atomic E-state index is 14.6. The van der Waals surface area contributed by atoms with E-state index in [1.165, 1.54) is 23.1 Å². The highest BCUT2D eigenvalue weighted by Gasteiger charge is 2.60. The van der Waals surface area contributed by atoms with Gasteiger partial charge in [-0.15, -0.1) is 12.6 Å². The molecule has 2 aromatic rings. The Morgan fingerprint density at radius 3 is 2.53 bits per heavy atom. The van der Waals surface area contributed by atoms with Crippen LogP contribution < -0.4 is 9.80 Å². The maximum absolute atomic E-state index is 14.6. The van der Waals surface area contributed by atoms with Gasteiger partial charge in [-0.2, -0.15) is 18.4 Å². The summed E-state index contributed by atoms with van der Waals surface area (Å²) in [6, 6.07) is 5.50. The smallest absolute Gasteiger partial charge is 0.419 e. The summed E-state index contributed by atoms with van der Waals surface area (Å²) in [5, 5.41) is 18.4. The molecule has 0 radical (unpaired) electrons. The first-order chi connectivity index (χ1) is 14.1. The van der Waals surface area contributed by atoms with Crippen molar-refractivity contribution in [3.8, 4) is 11.8 Å². The molecule has 1 unspecified atom stereocenters. The first-order valence-corrected chi connectivity index (χ1v) is 9.39. The van der Waals surface area contributed by atoms with Gasteiger partial charge in [-0.05, 0) is 37.5 Å². The molecule has 2 heterocycles. The fourth-order valence-corrected chi connectivity index (χ4v) is 4.51. The van der Waals surface area contributed by atoms with E-state index in [9.17, 15) is 27.5 Å². The van der Waals surface area contributed by atoms with Gasteiger partial charge >= 0.3 is 6.18 Å². The number of halogens is 4. The predicted octanol–water partition coefficient (Wildman–Crippen LogP) is 3.81. The van der Waals surface area contributed by atoms with Crippen molar-refractivity contribution in [2.24, 2.45) is 0 Å². The lowest BCUT2D eigenvalue weighted by molar-refractivity contribution is -0.138. The molecule has 0 bridgehead atoms. The second-order valence-corrected chi connectivity index (χ2v) is 7.57. The molecule has 2 aliphatic rings. The third-order valence-corrected chi connectivity index (χ3v) is 5.94. The largest absolute Gasteiger partial charge is 0.508 e. The number of nitriles is 1. The molecule has 30 heavy (non-hydrogen) atoms. The van der Waals surface area contributed by atoms with Gasteiger partial charge in [0.2, 0.25) is 0 Å². The van der Waals surface area contributed by atoms with Gasteiger partial charge in [0.05, 0.1) is 23.1 Å². The van der Waals surface area contributed by atoms with Crippen LogP contribution in [-0.2, 0) is 11.0 Å². The van der Waals surface area contributed by atoms with E-state index < -0.39 is 40.2 Å².